The van der Waals surface area contributed by atoms with E-state index in [0.717, 1.165) is 18.0 Å². The standard InChI is InChI=1S/C16H23Cl2N/c1-3-10-19-15(16(2)8-4-5-9-16)13-7-6-12(17)11-14(13)18/h6-7,11,15,19H,3-5,8-10H2,1-2H3. The minimum Gasteiger partial charge on any atom is -0.309 e. The molecule has 106 valence electrons. The molecule has 0 radical (unpaired) electrons. The Bertz CT molecular complexity index is 425. The van der Waals surface area contributed by atoms with Crippen molar-refractivity contribution in [2.45, 2.75) is 52.0 Å². The zero-order valence-corrected chi connectivity index (χ0v) is 13.3. The first kappa shape index (κ1) is 15.2. The van der Waals surface area contributed by atoms with Gasteiger partial charge in [0.05, 0.1) is 0 Å². The van der Waals surface area contributed by atoms with Crippen molar-refractivity contribution in [3.05, 3.63) is 33.8 Å². The molecular weight excluding hydrogens is 277 g/mol. The van der Waals surface area contributed by atoms with Crippen LogP contribution in [0.3, 0.4) is 0 Å². The average molecular weight is 300 g/mol. The summed E-state index contributed by atoms with van der Waals surface area (Å²) in [6.07, 6.45) is 6.33. The highest BCUT2D eigenvalue weighted by Gasteiger charge is 2.38. The van der Waals surface area contributed by atoms with Crippen molar-refractivity contribution < 1.29 is 0 Å². The summed E-state index contributed by atoms with van der Waals surface area (Å²) in [6, 6.07) is 6.22. The summed E-state index contributed by atoms with van der Waals surface area (Å²) < 4.78 is 0. The number of hydrogen-bond acceptors (Lipinski definition) is 1. The fourth-order valence-electron chi connectivity index (χ4n) is 3.23. The van der Waals surface area contributed by atoms with Gasteiger partial charge >= 0.3 is 0 Å². The molecule has 1 saturated carbocycles. The fourth-order valence-corrected chi connectivity index (χ4v) is 3.75. The number of nitrogens with one attached hydrogen (secondary N) is 1. The van der Waals surface area contributed by atoms with E-state index in [1.807, 2.05) is 12.1 Å². The molecule has 1 aliphatic carbocycles. The SMILES string of the molecule is CCCNC(c1ccc(Cl)cc1Cl)C1(C)CCCC1. The van der Waals surface area contributed by atoms with Crippen molar-refractivity contribution in [1.82, 2.24) is 5.32 Å². The highest BCUT2D eigenvalue weighted by molar-refractivity contribution is 6.35. The number of hydrogen-bond donors (Lipinski definition) is 1. The molecule has 0 saturated heterocycles. The summed E-state index contributed by atoms with van der Waals surface area (Å²) >= 11 is 12.4. The molecule has 1 aromatic carbocycles. The predicted molar refractivity (Wildman–Crippen MR) is 84.1 cm³/mol. The van der Waals surface area contributed by atoms with E-state index in [-0.39, 0.29) is 0 Å². The maximum Gasteiger partial charge on any atom is 0.0468 e. The van der Waals surface area contributed by atoms with Gasteiger partial charge in [0, 0.05) is 16.1 Å². The molecule has 19 heavy (non-hydrogen) atoms. The van der Waals surface area contributed by atoms with Crippen LogP contribution in [0.1, 0.15) is 57.6 Å². The number of halogens is 2. The van der Waals surface area contributed by atoms with Gasteiger partial charge in [-0.25, -0.2) is 0 Å². The van der Waals surface area contributed by atoms with Gasteiger partial charge in [0.1, 0.15) is 0 Å². The monoisotopic (exact) mass is 299 g/mol. The lowest BCUT2D eigenvalue weighted by Crippen LogP contribution is -2.35. The Kier molecular flexibility index (Phi) is 5.16. The van der Waals surface area contributed by atoms with E-state index < -0.39 is 0 Å². The minimum atomic E-state index is 0.312. The smallest absolute Gasteiger partial charge is 0.0468 e. The Balaban J connectivity index is 2.31. The van der Waals surface area contributed by atoms with Gasteiger partial charge in [0.25, 0.3) is 0 Å². The Morgan fingerprint density at radius 3 is 2.53 bits per heavy atom. The van der Waals surface area contributed by atoms with Crippen LogP contribution in [0.2, 0.25) is 10.0 Å². The van der Waals surface area contributed by atoms with Crippen molar-refractivity contribution in [1.29, 1.82) is 0 Å². The number of benzene rings is 1. The van der Waals surface area contributed by atoms with Crippen LogP contribution < -0.4 is 5.32 Å². The van der Waals surface area contributed by atoms with Crippen molar-refractivity contribution >= 4 is 23.2 Å². The van der Waals surface area contributed by atoms with Gasteiger partial charge in [-0.15, -0.1) is 0 Å². The van der Waals surface area contributed by atoms with Gasteiger partial charge in [0.15, 0.2) is 0 Å². The van der Waals surface area contributed by atoms with Crippen LogP contribution in [0.25, 0.3) is 0 Å². The van der Waals surface area contributed by atoms with E-state index >= 15 is 0 Å². The van der Waals surface area contributed by atoms with Gasteiger partial charge in [-0.3, -0.25) is 0 Å². The third-order valence-electron chi connectivity index (χ3n) is 4.31. The maximum absolute atomic E-state index is 6.42. The molecule has 1 fully saturated rings. The Morgan fingerprint density at radius 1 is 1.26 bits per heavy atom. The molecule has 0 aromatic heterocycles. The molecule has 3 heteroatoms. The molecule has 2 rings (SSSR count). The first-order chi connectivity index (χ1) is 9.07. The summed E-state index contributed by atoms with van der Waals surface area (Å²) in [5.41, 5.74) is 1.51. The molecule has 1 aliphatic rings. The molecule has 0 spiro atoms. The average Bonchev–Trinajstić information content (AvgIpc) is 2.80. The summed E-state index contributed by atoms with van der Waals surface area (Å²) in [6.45, 7) is 5.61. The molecule has 1 N–H and O–H groups in total. The van der Waals surface area contributed by atoms with Crippen molar-refractivity contribution in [3.8, 4) is 0 Å². The van der Waals surface area contributed by atoms with Crippen molar-refractivity contribution in [2.75, 3.05) is 6.54 Å². The van der Waals surface area contributed by atoms with Crippen LogP contribution in [-0.4, -0.2) is 6.54 Å². The summed E-state index contributed by atoms with van der Waals surface area (Å²) in [7, 11) is 0. The van der Waals surface area contributed by atoms with Gasteiger partial charge in [-0.05, 0) is 48.9 Å². The molecule has 0 bridgehead atoms. The van der Waals surface area contributed by atoms with E-state index in [4.69, 9.17) is 23.2 Å². The number of rotatable bonds is 5. The lowest BCUT2D eigenvalue weighted by atomic mass is 9.77. The minimum absolute atomic E-state index is 0.312. The molecule has 0 heterocycles. The maximum atomic E-state index is 6.42. The van der Waals surface area contributed by atoms with Crippen molar-refractivity contribution in [3.63, 3.8) is 0 Å². The molecule has 1 atom stereocenters. The highest BCUT2D eigenvalue weighted by atomic mass is 35.5. The molecule has 1 nitrogen and oxygen atoms in total. The first-order valence-electron chi connectivity index (χ1n) is 7.25. The fraction of sp³-hybridized carbons (Fsp3) is 0.625. The zero-order chi connectivity index (χ0) is 13.9. The van der Waals surface area contributed by atoms with E-state index in [1.54, 1.807) is 0 Å². The van der Waals surface area contributed by atoms with Crippen LogP contribution in [0.4, 0.5) is 0 Å². The van der Waals surface area contributed by atoms with E-state index in [0.29, 0.717) is 16.5 Å². The second kappa shape index (κ2) is 6.47. The third-order valence-corrected chi connectivity index (χ3v) is 4.88. The molecule has 1 unspecified atom stereocenters. The van der Waals surface area contributed by atoms with E-state index in [1.165, 1.54) is 31.2 Å². The molecule has 1 aromatic rings. The van der Waals surface area contributed by atoms with Crippen LogP contribution in [0, 0.1) is 5.41 Å². The van der Waals surface area contributed by atoms with Gasteiger partial charge in [-0.1, -0.05) is 56.0 Å². The van der Waals surface area contributed by atoms with E-state index in [9.17, 15) is 0 Å². The second-order valence-corrected chi connectivity index (χ2v) is 6.76. The Labute approximate surface area is 126 Å². The van der Waals surface area contributed by atoms with Crippen LogP contribution in [0.5, 0.6) is 0 Å². The predicted octanol–water partition coefficient (Wildman–Crippen LogP) is 5.61. The van der Waals surface area contributed by atoms with Gasteiger partial charge < -0.3 is 5.32 Å². The molecule has 0 amide bonds. The molecular formula is C16H23Cl2N. The highest BCUT2D eigenvalue weighted by Crippen LogP contribution is 2.48. The Morgan fingerprint density at radius 2 is 1.95 bits per heavy atom. The van der Waals surface area contributed by atoms with Crippen LogP contribution in [-0.2, 0) is 0 Å². The summed E-state index contributed by atoms with van der Waals surface area (Å²) in [5.74, 6) is 0. The van der Waals surface area contributed by atoms with Gasteiger partial charge in [-0.2, -0.15) is 0 Å². The van der Waals surface area contributed by atoms with E-state index in [2.05, 4.69) is 25.2 Å². The van der Waals surface area contributed by atoms with Crippen LogP contribution >= 0.6 is 23.2 Å². The lowest BCUT2D eigenvalue weighted by molar-refractivity contribution is 0.224. The lowest BCUT2D eigenvalue weighted by Gasteiger charge is -2.36. The van der Waals surface area contributed by atoms with Crippen molar-refractivity contribution in [2.24, 2.45) is 5.41 Å². The third kappa shape index (κ3) is 3.45. The second-order valence-electron chi connectivity index (χ2n) is 5.91. The Hall–Kier alpha value is -0.240. The zero-order valence-electron chi connectivity index (χ0n) is 11.8. The van der Waals surface area contributed by atoms with Crippen LogP contribution in [0.15, 0.2) is 18.2 Å². The van der Waals surface area contributed by atoms with Gasteiger partial charge in [0.2, 0.25) is 0 Å². The summed E-state index contributed by atoms with van der Waals surface area (Å²) in [4.78, 5) is 0. The topological polar surface area (TPSA) is 12.0 Å². The summed E-state index contributed by atoms with van der Waals surface area (Å²) in [5, 5.41) is 5.20. The first-order valence-corrected chi connectivity index (χ1v) is 8.01. The normalized spacial score (nSPS) is 19.6. The quantitative estimate of drug-likeness (QED) is 0.744. The largest absolute Gasteiger partial charge is 0.309 e. The molecule has 0 aliphatic heterocycles.